The van der Waals surface area contributed by atoms with Crippen LogP contribution in [0, 0.1) is 5.82 Å². The fourth-order valence-corrected chi connectivity index (χ4v) is 2.12. The minimum atomic E-state index is -0.318. The summed E-state index contributed by atoms with van der Waals surface area (Å²) in [5.74, 6) is 1.61. The van der Waals surface area contributed by atoms with Gasteiger partial charge in [0.2, 0.25) is 0 Å². The predicted molar refractivity (Wildman–Crippen MR) is 72.3 cm³/mol. The van der Waals surface area contributed by atoms with Crippen molar-refractivity contribution in [3.8, 4) is 5.75 Å². The van der Waals surface area contributed by atoms with Crippen LogP contribution in [-0.2, 0) is 6.61 Å². The second-order valence-corrected chi connectivity index (χ2v) is 4.63. The zero-order valence-corrected chi connectivity index (χ0v) is 11.0. The summed E-state index contributed by atoms with van der Waals surface area (Å²) in [6.07, 6.45) is 0. The van der Waals surface area contributed by atoms with Crippen molar-refractivity contribution >= 4 is 5.82 Å². The molecule has 1 aliphatic heterocycles. The third-order valence-electron chi connectivity index (χ3n) is 3.16. The van der Waals surface area contributed by atoms with E-state index in [-0.39, 0.29) is 12.4 Å². The summed E-state index contributed by atoms with van der Waals surface area (Å²) < 4.78 is 23.7. The van der Waals surface area contributed by atoms with E-state index < -0.39 is 0 Å². The normalized spacial score (nSPS) is 15.3. The van der Waals surface area contributed by atoms with Gasteiger partial charge in [-0.2, -0.15) is 0 Å². The highest BCUT2D eigenvalue weighted by atomic mass is 19.1. The molecule has 1 saturated heterocycles. The fourth-order valence-electron chi connectivity index (χ4n) is 2.12. The Morgan fingerprint density at radius 3 is 2.95 bits per heavy atom. The van der Waals surface area contributed by atoms with Gasteiger partial charge >= 0.3 is 0 Å². The van der Waals surface area contributed by atoms with Crippen molar-refractivity contribution in [2.75, 3.05) is 31.1 Å². The van der Waals surface area contributed by atoms with Gasteiger partial charge in [-0.25, -0.2) is 4.39 Å². The molecule has 0 bridgehead atoms. The van der Waals surface area contributed by atoms with Gasteiger partial charge in [-0.05, 0) is 12.1 Å². The number of anilines is 1. The molecular formula is C14H16FN3O2. The Balaban J connectivity index is 1.59. The molecule has 1 fully saturated rings. The van der Waals surface area contributed by atoms with E-state index in [0.29, 0.717) is 11.5 Å². The highest BCUT2D eigenvalue weighted by Gasteiger charge is 2.15. The molecule has 5 nitrogen and oxygen atoms in total. The van der Waals surface area contributed by atoms with Crippen LogP contribution in [0.3, 0.4) is 0 Å². The van der Waals surface area contributed by atoms with Crippen LogP contribution in [0.2, 0.25) is 0 Å². The van der Waals surface area contributed by atoms with Crippen molar-refractivity contribution in [1.29, 1.82) is 0 Å². The molecule has 1 N–H and O–H groups in total. The first-order valence-corrected chi connectivity index (χ1v) is 6.61. The van der Waals surface area contributed by atoms with Crippen molar-refractivity contribution in [3.05, 3.63) is 41.9 Å². The molecule has 0 saturated carbocycles. The van der Waals surface area contributed by atoms with Crippen molar-refractivity contribution in [3.63, 3.8) is 0 Å². The first-order valence-electron chi connectivity index (χ1n) is 6.61. The third kappa shape index (κ3) is 3.08. The van der Waals surface area contributed by atoms with E-state index in [1.54, 1.807) is 12.1 Å². The maximum atomic E-state index is 13.0. The van der Waals surface area contributed by atoms with Gasteiger partial charge in [0.25, 0.3) is 0 Å². The number of hydrogen-bond donors (Lipinski definition) is 1. The number of halogens is 1. The molecule has 106 valence electrons. The Labute approximate surface area is 116 Å². The molecule has 0 unspecified atom stereocenters. The van der Waals surface area contributed by atoms with Crippen LogP contribution in [0.1, 0.15) is 5.76 Å². The number of ether oxygens (including phenoxy) is 1. The third-order valence-corrected chi connectivity index (χ3v) is 3.16. The topological polar surface area (TPSA) is 50.5 Å². The van der Waals surface area contributed by atoms with Crippen LogP contribution in [0.5, 0.6) is 5.75 Å². The van der Waals surface area contributed by atoms with Crippen LogP contribution >= 0.6 is 0 Å². The quantitative estimate of drug-likeness (QED) is 0.923. The van der Waals surface area contributed by atoms with Gasteiger partial charge < -0.3 is 19.5 Å². The van der Waals surface area contributed by atoms with Crippen molar-refractivity contribution in [2.24, 2.45) is 0 Å². The van der Waals surface area contributed by atoms with Gasteiger partial charge in [-0.3, -0.25) is 0 Å². The molecule has 3 rings (SSSR count). The Morgan fingerprint density at radius 1 is 1.30 bits per heavy atom. The average molecular weight is 277 g/mol. The molecule has 0 atom stereocenters. The SMILES string of the molecule is Fc1cccc(OCc2cc(N3CCNCC3)no2)c1. The lowest BCUT2D eigenvalue weighted by Gasteiger charge is -2.26. The number of benzene rings is 1. The van der Waals surface area contributed by atoms with Crippen LogP contribution < -0.4 is 15.0 Å². The van der Waals surface area contributed by atoms with Crippen LogP contribution in [0.25, 0.3) is 0 Å². The maximum absolute atomic E-state index is 13.0. The first kappa shape index (κ1) is 12.9. The molecule has 20 heavy (non-hydrogen) atoms. The number of nitrogens with zero attached hydrogens (tertiary/aromatic N) is 2. The molecule has 2 aromatic rings. The Morgan fingerprint density at radius 2 is 2.15 bits per heavy atom. The minimum absolute atomic E-state index is 0.239. The Kier molecular flexibility index (Phi) is 3.83. The molecule has 2 heterocycles. The standard InChI is InChI=1S/C14H16FN3O2/c15-11-2-1-3-12(8-11)19-10-13-9-14(17-20-13)18-6-4-16-5-7-18/h1-3,8-9,16H,4-7,10H2. The highest BCUT2D eigenvalue weighted by molar-refractivity contribution is 5.38. The van der Waals surface area contributed by atoms with Crippen LogP contribution in [0.15, 0.2) is 34.9 Å². The lowest BCUT2D eigenvalue weighted by atomic mass is 10.3. The monoisotopic (exact) mass is 277 g/mol. The summed E-state index contributed by atoms with van der Waals surface area (Å²) in [5, 5.41) is 7.32. The molecule has 6 heteroatoms. The van der Waals surface area contributed by atoms with Crippen LogP contribution in [0.4, 0.5) is 10.2 Å². The summed E-state index contributed by atoms with van der Waals surface area (Å²) >= 11 is 0. The molecular weight excluding hydrogens is 261 g/mol. The van der Waals surface area contributed by atoms with Gasteiger partial charge in [-0.1, -0.05) is 11.2 Å². The smallest absolute Gasteiger partial charge is 0.176 e. The summed E-state index contributed by atoms with van der Waals surface area (Å²) in [6.45, 7) is 3.96. The molecule has 1 aliphatic rings. The molecule has 1 aromatic carbocycles. The van der Waals surface area contributed by atoms with E-state index >= 15 is 0 Å². The van der Waals surface area contributed by atoms with Crippen molar-refractivity contribution in [1.82, 2.24) is 10.5 Å². The molecule has 0 amide bonds. The number of hydrogen-bond acceptors (Lipinski definition) is 5. The largest absolute Gasteiger partial charge is 0.485 e. The fraction of sp³-hybridized carbons (Fsp3) is 0.357. The van der Waals surface area contributed by atoms with E-state index in [9.17, 15) is 4.39 Å². The van der Waals surface area contributed by atoms with E-state index in [1.165, 1.54) is 12.1 Å². The van der Waals surface area contributed by atoms with E-state index in [0.717, 1.165) is 32.0 Å². The molecule has 0 radical (unpaired) electrons. The number of nitrogens with one attached hydrogen (secondary N) is 1. The summed E-state index contributed by atoms with van der Waals surface area (Å²) in [4.78, 5) is 2.16. The van der Waals surface area contributed by atoms with Gasteiger partial charge in [-0.15, -0.1) is 0 Å². The summed E-state index contributed by atoms with van der Waals surface area (Å²) in [6, 6.07) is 7.90. The second kappa shape index (κ2) is 5.92. The zero-order valence-electron chi connectivity index (χ0n) is 11.0. The van der Waals surface area contributed by atoms with Crippen molar-refractivity contribution in [2.45, 2.75) is 6.61 Å². The minimum Gasteiger partial charge on any atom is -0.485 e. The van der Waals surface area contributed by atoms with Crippen LogP contribution in [-0.4, -0.2) is 31.3 Å². The van der Waals surface area contributed by atoms with E-state index in [4.69, 9.17) is 9.26 Å². The Hall–Kier alpha value is -2.08. The highest BCUT2D eigenvalue weighted by Crippen LogP contribution is 2.18. The second-order valence-electron chi connectivity index (χ2n) is 4.63. The molecule has 0 aliphatic carbocycles. The predicted octanol–water partition coefficient (Wildman–Crippen LogP) is 1.80. The summed E-state index contributed by atoms with van der Waals surface area (Å²) in [7, 11) is 0. The van der Waals surface area contributed by atoms with Crippen molar-refractivity contribution < 1.29 is 13.7 Å². The molecule has 1 aromatic heterocycles. The number of aromatic nitrogens is 1. The lowest BCUT2D eigenvalue weighted by Crippen LogP contribution is -2.43. The van der Waals surface area contributed by atoms with Gasteiger partial charge in [0.15, 0.2) is 11.6 Å². The van der Waals surface area contributed by atoms with E-state index in [2.05, 4.69) is 15.4 Å². The van der Waals surface area contributed by atoms with Gasteiger partial charge in [0.1, 0.15) is 18.2 Å². The maximum Gasteiger partial charge on any atom is 0.176 e. The molecule has 0 spiro atoms. The Bertz CT molecular complexity index is 567. The van der Waals surface area contributed by atoms with Gasteiger partial charge in [0, 0.05) is 38.3 Å². The number of rotatable bonds is 4. The lowest BCUT2D eigenvalue weighted by molar-refractivity contribution is 0.248. The van der Waals surface area contributed by atoms with Gasteiger partial charge in [0.05, 0.1) is 0 Å². The summed E-state index contributed by atoms with van der Waals surface area (Å²) in [5.41, 5.74) is 0. The first-order chi connectivity index (χ1) is 9.81. The number of piperazine rings is 1. The van der Waals surface area contributed by atoms with E-state index in [1.807, 2.05) is 6.07 Å². The zero-order chi connectivity index (χ0) is 13.8. The average Bonchev–Trinajstić information content (AvgIpc) is 2.95.